The molecule has 2 aliphatic heterocycles. The van der Waals surface area contributed by atoms with E-state index in [1.165, 1.54) is 18.6 Å². The van der Waals surface area contributed by atoms with E-state index in [0.717, 1.165) is 57.0 Å². The minimum Gasteiger partial charge on any atom is -0.339 e. The third kappa shape index (κ3) is 4.49. The summed E-state index contributed by atoms with van der Waals surface area (Å²) in [7, 11) is -3.46. The number of piperidine rings is 1. The molecule has 3 fully saturated rings. The van der Waals surface area contributed by atoms with Crippen LogP contribution in [0, 0.1) is 11.7 Å². The molecular formula is C23H29FN4O4S. The monoisotopic (exact) mass is 476 g/mol. The van der Waals surface area contributed by atoms with Gasteiger partial charge in [-0.1, -0.05) is 12.5 Å². The van der Waals surface area contributed by atoms with Gasteiger partial charge in [0.1, 0.15) is 5.82 Å². The van der Waals surface area contributed by atoms with E-state index in [2.05, 4.69) is 15.0 Å². The standard InChI is InChI=1S/C23H29FN4O4S/c1-33(30,31)19-6-5-16(20(24)14-19)13-17-7-12-28(22(17)29)18-8-10-27(11-9-18)23-25-21(32-26-23)15-3-2-4-15/h5-6,14-15,17-18H,2-4,7-13H2,1H3/t17-/m1/s1. The van der Waals surface area contributed by atoms with Crippen LogP contribution in [0.15, 0.2) is 27.6 Å². The number of benzene rings is 1. The van der Waals surface area contributed by atoms with Crippen LogP contribution >= 0.6 is 0 Å². The van der Waals surface area contributed by atoms with Crippen molar-refractivity contribution in [1.29, 1.82) is 0 Å². The minimum atomic E-state index is -3.46. The molecule has 0 bridgehead atoms. The van der Waals surface area contributed by atoms with Crippen molar-refractivity contribution in [2.75, 3.05) is 30.8 Å². The van der Waals surface area contributed by atoms with Gasteiger partial charge < -0.3 is 14.3 Å². The van der Waals surface area contributed by atoms with Crippen molar-refractivity contribution in [1.82, 2.24) is 15.0 Å². The number of sulfone groups is 1. The Morgan fingerprint density at radius 3 is 2.52 bits per heavy atom. The highest BCUT2D eigenvalue weighted by atomic mass is 32.2. The van der Waals surface area contributed by atoms with Crippen LogP contribution in [0.4, 0.5) is 10.3 Å². The van der Waals surface area contributed by atoms with Crippen molar-refractivity contribution < 1.29 is 22.1 Å². The number of amides is 1. The summed E-state index contributed by atoms with van der Waals surface area (Å²) >= 11 is 0. The second kappa shape index (κ2) is 8.70. The lowest BCUT2D eigenvalue weighted by Crippen LogP contribution is -2.46. The first kappa shape index (κ1) is 22.3. The van der Waals surface area contributed by atoms with Crippen molar-refractivity contribution in [3.63, 3.8) is 0 Å². The summed E-state index contributed by atoms with van der Waals surface area (Å²) in [6.45, 7) is 2.21. The topological polar surface area (TPSA) is 96.6 Å². The fourth-order valence-electron chi connectivity index (χ4n) is 5.06. The second-order valence-electron chi connectivity index (χ2n) is 9.53. The maximum Gasteiger partial charge on any atom is 0.266 e. The zero-order chi connectivity index (χ0) is 23.2. The number of nitrogens with zero attached hydrogens (tertiary/aromatic N) is 4. The molecule has 0 spiro atoms. The van der Waals surface area contributed by atoms with Crippen LogP contribution in [0.2, 0.25) is 0 Å². The molecule has 33 heavy (non-hydrogen) atoms. The molecule has 1 atom stereocenters. The molecule has 1 aliphatic carbocycles. The van der Waals surface area contributed by atoms with Crippen LogP contribution in [0.3, 0.4) is 0 Å². The van der Waals surface area contributed by atoms with Gasteiger partial charge in [-0.15, -0.1) is 0 Å². The molecule has 0 N–H and O–H groups in total. The van der Waals surface area contributed by atoms with Crippen molar-refractivity contribution in [3.8, 4) is 0 Å². The number of hydrogen-bond donors (Lipinski definition) is 0. The maximum absolute atomic E-state index is 14.5. The molecular weight excluding hydrogens is 447 g/mol. The van der Waals surface area contributed by atoms with Crippen LogP contribution < -0.4 is 4.90 Å². The van der Waals surface area contributed by atoms with Crippen molar-refractivity contribution in [2.45, 2.75) is 61.8 Å². The van der Waals surface area contributed by atoms with Gasteiger partial charge in [0.15, 0.2) is 9.84 Å². The molecule has 5 rings (SSSR count). The Morgan fingerprint density at radius 1 is 1.12 bits per heavy atom. The maximum atomic E-state index is 14.5. The predicted molar refractivity (Wildman–Crippen MR) is 119 cm³/mol. The normalized spacial score (nSPS) is 22.7. The molecule has 1 aromatic carbocycles. The molecule has 1 saturated carbocycles. The van der Waals surface area contributed by atoms with E-state index in [0.29, 0.717) is 30.4 Å². The van der Waals surface area contributed by atoms with Crippen LogP contribution in [0.25, 0.3) is 0 Å². The summed E-state index contributed by atoms with van der Waals surface area (Å²) in [6.07, 6.45) is 7.15. The largest absolute Gasteiger partial charge is 0.339 e. The summed E-state index contributed by atoms with van der Waals surface area (Å²) < 4.78 is 43.2. The minimum absolute atomic E-state index is 0.0451. The highest BCUT2D eigenvalue weighted by molar-refractivity contribution is 7.90. The first-order valence-electron chi connectivity index (χ1n) is 11.7. The Kier molecular flexibility index (Phi) is 5.88. The molecule has 0 unspecified atom stereocenters. The Labute approximate surface area is 193 Å². The van der Waals surface area contributed by atoms with Crippen molar-refractivity contribution in [2.24, 2.45) is 5.92 Å². The van der Waals surface area contributed by atoms with Crippen LogP contribution in [0.5, 0.6) is 0 Å². The first-order valence-corrected chi connectivity index (χ1v) is 13.6. The van der Waals surface area contributed by atoms with Gasteiger partial charge in [-0.3, -0.25) is 4.79 Å². The SMILES string of the molecule is CS(=O)(=O)c1ccc(C[C@H]2CCN(C3CCN(c4noc(C5CCC5)n4)CC3)C2=O)c(F)c1. The van der Waals surface area contributed by atoms with E-state index < -0.39 is 15.7 Å². The fraction of sp³-hybridized carbons (Fsp3) is 0.609. The number of halogens is 1. The Bertz CT molecular complexity index is 1140. The van der Waals surface area contributed by atoms with E-state index in [1.807, 2.05) is 4.90 Å². The molecule has 3 heterocycles. The van der Waals surface area contributed by atoms with Crippen molar-refractivity contribution in [3.05, 3.63) is 35.5 Å². The fourth-order valence-corrected chi connectivity index (χ4v) is 5.69. The Morgan fingerprint density at radius 2 is 1.88 bits per heavy atom. The molecule has 1 amide bonds. The third-order valence-electron chi connectivity index (χ3n) is 7.34. The van der Waals surface area contributed by atoms with E-state index in [-0.39, 0.29) is 29.2 Å². The lowest BCUT2D eigenvalue weighted by Gasteiger charge is -2.36. The molecule has 8 nitrogen and oxygen atoms in total. The van der Waals surface area contributed by atoms with Crippen LogP contribution in [-0.2, 0) is 21.1 Å². The average molecular weight is 477 g/mol. The number of hydrogen-bond acceptors (Lipinski definition) is 7. The zero-order valence-electron chi connectivity index (χ0n) is 18.7. The number of anilines is 1. The highest BCUT2D eigenvalue weighted by Gasteiger charge is 2.38. The molecule has 2 aromatic rings. The summed E-state index contributed by atoms with van der Waals surface area (Å²) in [4.78, 5) is 21.7. The van der Waals surface area contributed by atoms with Gasteiger partial charge in [0.2, 0.25) is 11.8 Å². The second-order valence-corrected chi connectivity index (χ2v) is 11.5. The van der Waals surface area contributed by atoms with Gasteiger partial charge in [0.25, 0.3) is 5.95 Å². The molecule has 10 heteroatoms. The number of likely N-dealkylation sites (tertiary alicyclic amines) is 1. The van der Waals surface area contributed by atoms with Crippen LogP contribution in [0.1, 0.15) is 55.9 Å². The lowest BCUT2D eigenvalue weighted by atomic mass is 9.85. The van der Waals surface area contributed by atoms with E-state index in [1.54, 1.807) is 0 Å². The summed E-state index contributed by atoms with van der Waals surface area (Å²) in [5.41, 5.74) is 0.386. The smallest absolute Gasteiger partial charge is 0.266 e. The van der Waals surface area contributed by atoms with Gasteiger partial charge in [0.05, 0.1) is 4.90 Å². The van der Waals surface area contributed by atoms with Crippen molar-refractivity contribution >= 4 is 21.7 Å². The Hall–Kier alpha value is -2.49. The molecule has 2 saturated heterocycles. The first-order chi connectivity index (χ1) is 15.8. The van der Waals surface area contributed by atoms with Gasteiger partial charge in [-0.05, 0) is 61.4 Å². The molecule has 3 aliphatic rings. The van der Waals surface area contributed by atoms with E-state index in [4.69, 9.17) is 4.52 Å². The Balaban J connectivity index is 1.17. The summed E-state index contributed by atoms with van der Waals surface area (Å²) in [6, 6.07) is 4.11. The third-order valence-corrected chi connectivity index (χ3v) is 8.45. The summed E-state index contributed by atoms with van der Waals surface area (Å²) in [5, 5.41) is 4.15. The number of carbonyl (C=O) groups is 1. The van der Waals surface area contributed by atoms with E-state index >= 15 is 0 Å². The molecule has 1 aromatic heterocycles. The predicted octanol–water partition coefficient (Wildman–Crippen LogP) is 2.94. The highest BCUT2D eigenvalue weighted by Crippen LogP contribution is 2.36. The lowest BCUT2D eigenvalue weighted by molar-refractivity contribution is -0.133. The average Bonchev–Trinajstić information content (AvgIpc) is 3.35. The number of carbonyl (C=O) groups excluding carboxylic acids is 1. The van der Waals surface area contributed by atoms with Gasteiger partial charge in [-0.25, -0.2) is 12.8 Å². The van der Waals surface area contributed by atoms with Gasteiger partial charge in [0, 0.05) is 43.8 Å². The quantitative estimate of drug-likeness (QED) is 0.632. The van der Waals surface area contributed by atoms with Crippen LogP contribution in [-0.4, -0.2) is 61.3 Å². The van der Waals surface area contributed by atoms with E-state index in [9.17, 15) is 17.6 Å². The van der Waals surface area contributed by atoms with Gasteiger partial charge in [-0.2, -0.15) is 4.98 Å². The molecule has 0 radical (unpaired) electrons. The van der Waals surface area contributed by atoms with Gasteiger partial charge >= 0.3 is 0 Å². The number of aromatic nitrogens is 2. The zero-order valence-corrected chi connectivity index (χ0v) is 19.6. The number of rotatable bonds is 6. The summed E-state index contributed by atoms with van der Waals surface area (Å²) in [5.74, 6) is 1.02. The molecule has 178 valence electrons.